The average Bonchev–Trinajstić information content (AvgIpc) is 3.06. The molecule has 34 heavy (non-hydrogen) atoms. The lowest BCUT2D eigenvalue weighted by molar-refractivity contribution is -0.292. The van der Waals surface area contributed by atoms with E-state index in [2.05, 4.69) is 10.4 Å². The summed E-state index contributed by atoms with van der Waals surface area (Å²) < 4.78 is 120. The number of halogens is 9. The Morgan fingerprint density at radius 1 is 1.06 bits per heavy atom. The topological polar surface area (TPSA) is 58.9 Å². The minimum absolute atomic E-state index is 0.0110. The van der Waals surface area contributed by atoms with Crippen LogP contribution in [0, 0.1) is 5.82 Å². The number of alkyl halides is 8. The maximum absolute atomic E-state index is 14.1. The standard InChI is InChI=1S/C20H21F9N4O/c1-5-17(2,3)30-9-10-8-11(6-7-12(10)21)31-16(34)14-13(19(24,25)26)15(32-33(14)4)18(22,23)20(27,28)29/h6-8,30H,5,9H2,1-4H3,(H,31,34). The van der Waals surface area contributed by atoms with E-state index >= 15 is 0 Å². The van der Waals surface area contributed by atoms with Crippen LogP contribution in [0.15, 0.2) is 18.2 Å². The van der Waals surface area contributed by atoms with Gasteiger partial charge in [-0.15, -0.1) is 0 Å². The lowest BCUT2D eigenvalue weighted by atomic mass is 10.0. The molecule has 2 N–H and O–H groups in total. The second-order valence-electron chi connectivity index (χ2n) is 8.12. The van der Waals surface area contributed by atoms with E-state index in [4.69, 9.17) is 0 Å². The Morgan fingerprint density at radius 2 is 1.65 bits per heavy atom. The fraction of sp³-hybridized carbons (Fsp3) is 0.500. The number of carbonyl (C=O) groups is 1. The highest BCUT2D eigenvalue weighted by Crippen LogP contribution is 2.48. The van der Waals surface area contributed by atoms with Gasteiger partial charge >= 0.3 is 18.3 Å². The first-order valence-corrected chi connectivity index (χ1v) is 9.76. The average molecular weight is 504 g/mol. The van der Waals surface area contributed by atoms with Crippen molar-refractivity contribution in [3.8, 4) is 0 Å². The molecule has 1 amide bonds. The van der Waals surface area contributed by atoms with Crippen LogP contribution < -0.4 is 10.6 Å². The summed E-state index contributed by atoms with van der Waals surface area (Å²) in [6.07, 6.45) is -11.5. The molecule has 0 fully saturated rings. The maximum atomic E-state index is 14.1. The predicted octanol–water partition coefficient (Wildman–Crippen LogP) is 5.76. The van der Waals surface area contributed by atoms with Crippen LogP contribution in [0.2, 0.25) is 0 Å². The molecule has 0 aliphatic rings. The van der Waals surface area contributed by atoms with Crippen molar-refractivity contribution in [1.29, 1.82) is 0 Å². The molecule has 1 aromatic carbocycles. The third kappa shape index (κ3) is 5.65. The zero-order valence-corrected chi connectivity index (χ0v) is 18.4. The SMILES string of the molecule is CCC(C)(C)NCc1cc(NC(=O)c2c(C(F)(F)F)c(C(F)(F)C(F)(F)F)nn2C)ccc1F. The second kappa shape index (κ2) is 9.12. The molecule has 2 rings (SSSR count). The fourth-order valence-electron chi connectivity index (χ4n) is 2.84. The maximum Gasteiger partial charge on any atom is 0.459 e. The van der Waals surface area contributed by atoms with Crippen LogP contribution in [0.3, 0.4) is 0 Å². The molecule has 0 spiro atoms. The lowest BCUT2D eigenvalue weighted by Gasteiger charge is -2.25. The second-order valence-corrected chi connectivity index (χ2v) is 8.12. The van der Waals surface area contributed by atoms with Crippen LogP contribution in [0.4, 0.5) is 45.2 Å². The predicted molar refractivity (Wildman–Crippen MR) is 104 cm³/mol. The van der Waals surface area contributed by atoms with Gasteiger partial charge in [-0.25, -0.2) is 4.39 Å². The van der Waals surface area contributed by atoms with Gasteiger partial charge in [0.05, 0.1) is 0 Å². The number of aryl methyl sites for hydroxylation is 1. The molecule has 5 nitrogen and oxygen atoms in total. The molecule has 0 bridgehead atoms. The Bertz CT molecular complexity index is 1060. The third-order valence-electron chi connectivity index (χ3n) is 5.14. The van der Waals surface area contributed by atoms with Crippen LogP contribution in [0.1, 0.15) is 54.5 Å². The van der Waals surface area contributed by atoms with Crippen molar-refractivity contribution in [3.05, 3.63) is 46.5 Å². The van der Waals surface area contributed by atoms with Gasteiger partial charge in [0.1, 0.15) is 17.1 Å². The van der Waals surface area contributed by atoms with E-state index in [0.717, 1.165) is 18.2 Å². The van der Waals surface area contributed by atoms with Gasteiger partial charge in [0.15, 0.2) is 5.69 Å². The molecule has 0 saturated carbocycles. The Morgan fingerprint density at radius 3 is 2.15 bits per heavy atom. The lowest BCUT2D eigenvalue weighted by Crippen LogP contribution is -2.38. The minimum atomic E-state index is -6.39. The summed E-state index contributed by atoms with van der Waals surface area (Å²) >= 11 is 0. The number of nitrogens with one attached hydrogen (secondary N) is 2. The van der Waals surface area contributed by atoms with Gasteiger partial charge in [-0.2, -0.15) is 40.2 Å². The molecule has 1 heterocycles. The van der Waals surface area contributed by atoms with E-state index in [9.17, 15) is 44.3 Å². The molecule has 0 saturated heterocycles. The first kappa shape index (κ1) is 27.5. The summed E-state index contributed by atoms with van der Waals surface area (Å²) in [5.74, 6) is -8.33. The summed E-state index contributed by atoms with van der Waals surface area (Å²) in [7, 11) is 0.618. The normalized spacial score (nSPS) is 13.3. The Balaban J connectivity index is 2.47. The van der Waals surface area contributed by atoms with Crippen molar-refractivity contribution in [3.63, 3.8) is 0 Å². The number of anilines is 1. The fourth-order valence-corrected chi connectivity index (χ4v) is 2.84. The molecule has 0 atom stereocenters. The number of rotatable bonds is 7. The summed E-state index contributed by atoms with van der Waals surface area (Å²) in [5, 5.41) is 7.69. The molecule has 0 aliphatic carbocycles. The number of carbonyl (C=O) groups excluding carboxylic acids is 1. The van der Waals surface area contributed by atoms with E-state index in [-0.39, 0.29) is 28.0 Å². The number of hydrogen-bond donors (Lipinski definition) is 2. The Labute approximate surface area is 188 Å². The van der Waals surface area contributed by atoms with Gasteiger partial charge in [-0.3, -0.25) is 9.48 Å². The summed E-state index contributed by atoms with van der Waals surface area (Å²) in [5.41, 5.74) is -7.31. The minimum Gasteiger partial charge on any atom is -0.321 e. The van der Waals surface area contributed by atoms with E-state index in [1.165, 1.54) is 0 Å². The van der Waals surface area contributed by atoms with Crippen LogP contribution in [-0.4, -0.2) is 27.4 Å². The highest BCUT2D eigenvalue weighted by Gasteiger charge is 2.64. The molecule has 0 unspecified atom stereocenters. The third-order valence-corrected chi connectivity index (χ3v) is 5.14. The highest BCUT2D eigenvalue weighted by molar-refractivity contribution is 6.04. The summed E-state index contributed by atoms with van der Waals surface area (Å²) in [6.45, 7) is 5.54. The Kier molecular flexibility index (Phi) is 7.37. The van der Waals surface area contributed by atoms with Gasteiger partial charge in [0, 0.05) is 30.4 Å². The van der Waals surface area contributed by atoms with Gasteiger partial charge in [-0.05, 0) is 38.5 Å². The zero-order valence-electron chi connectivity index (χ0n) is 18.4. The first-order chi connectivity index (χ1) is 15.3. The molecule has 190 valence electrons. The molecule has 0 radical (unpaired) electrons. The summed E-state index contributed by atoms with van der Waals surface area (Å²) in [6, 6.07) is 3.01. The summed E-state index contributed by atoms with van der Waals surface area (Å²) in [4.78, 5) is 12.5. The van der Waals surface area contributed by atoms with Crippen molar-refractivity contribution in [1.82, 2.24) is 15.1 Å². The van der Waals surface area contributed by atoms with Crippen LogP contribution in [0.5, 0.6) is 0 Å². The number of amides is 1. The number of aromatic nitrogens is 2. The zero-order chi connectivity index (χ0) is 26.3. The smallest absolute Gasteiger partial charge is 0.321 e. The molecule has 2 aromatic rings. The van der Waals surface area contributed by atoms with Crippen LogP contribution in [0.25, 0.3) is 0 Å². The molecule has 1 aromatic heterocycles. The van der Waals surface area contributed by atoms with E-state index in [0.29, 0.717) is 13.5 Å². The van der Waals surface area contributed by atoms with E-state index < -0.39 is 47.0 Å². The quantitative estimate of drug-likeness (QED) is 0.472. The van der Waals surface area contributed by atoms with Crippen molar-refractivity contribution in [2.24, 2.45) is 7.05 Å². The molecular formula is C20H21F9N4O. The van der Waals surface area contributed by atoms with Gasteiger partial charge in [-0.1, -0.05) is 6.92 Å². The highest BCUT2D eigenvalue weighted by atomic mass is 19.4. The Hall–Kier alpha value is -2.77. The largest absolute Gasteiger partial charge is 0.459 e. The van der Waals surface area contributed by atoms with Gasteiger partial charge < -0.3 is 10.6 Å². The van der Waals surface area contributed by atoms with Gasteiger partial charge in [0.2, 0.25) is 0 Å². The van der Waals surface area contributed by atoms with Crippen molar-refractivity contribution < 1.29 is 44.3 Å². The molecular weight excluding hydrogens is 483 g/mol. The van der Waals surface area contributed by atoms with Gasteiger partial charge in [0.25, 0.3) is 5.91 Å². The molecule has 0 aliphatic heterocycles. The van der Waals surface area contributed by atoms with Crippen molar-refractivity contribution >= 4 is 11.6 Å². The van der Waals surface area contributed by atoms with Crippen molar-refractivity contribution in [2.75, 3.05) is 5.32 Å². The monoisotopic (exact) mass is 504 g/mol. The molecule has 14 heteroatoms. The first-order valence-electron chi connectivity index (χ1n) is 9.76. The van der Waals surface area contributed by atoms with Crippen molar-refractivity contribution in [2.45, 2.75) is 57.6 Å². The van der Waals surface area contributed by atoms with E-state index in [1.54, 1.807) is 0 Å². The van der Waals surface area contributed by atoms with Crippen LogP contribution in [-0.2, 0) is 25.7 Å². The number of hydrogen-bond acceptors (Lipinski definition) is 3. The number of benzene rings is 1. The van der Waals surface area contributed by atoms with E-state index in [1.807, 2.05) is 26.1 Å². The van der Waals surface area contributed by atoms with Crippen LogP contribution >= 0.6 is 0 Å². The number of nitrogens with zero attached hydrogens (tertiary/aromatic N) is 2.